The number of hydrogen-bond acceptors (Lipinski definition) is 0. The lowest BCUT2D eigenvalue weighted by Crippen LogP contribution is -2.74. The van der Waals surface area contributed by atoms with E-state index in [1.807, 2.05) is 0 Å². The molecule has 2 heterocycles. The Kier molecular flexibility index (Phi) is 10.9. The van der Waals surface area contributed by atoms with Crippen LogP contribution < -0.4 is 20.7 Å². The Balaban J connectivity index is 1.06. The molecule has 2 nitrogen and oxygen atoms in total. The fourth-order valence-electron chi connectivity index (χ4n) is 12.1. The minimum Gasteiger partial charge on any atom is -0.309 e. The number of hydrogen-bond donors (Lipinski definition) is 0. The summed E-state index contributed by atoms with van der Waals surface area (Å²) in [5.41, 5.74) is 16.5. The molecule has 3 heteroatoms. The molecule has 0 saturated heterocycles. The van der Waals surface area contributed by atoms with E-state index in [2.05, 4.69) is 312 Å². The van der Waals surface area contributed by atoms with Gasteiger partial charge in [0, 0.05) is 38.4 Å². The van der Waals surface area contributed by atoms with E-state index in [0.717, 1.165) is 22.4 Å². The lowest BCUT2D eigenvalue weighted by molar-refractivity contribution is 1.18. The molecule has 14 rings (SSSR count). The fourth-order valence-corrected chi connectivity index (χ4v) is 16.9. The summed E-state index contributed by atoms with van der Waals surface area (Å²) < 4.78 is 4.97. The summed E-state index contributed by atoms with van der Waals surface area (Å²) in [4.78, 5) is 0. The Morgan fingerprint density at radius 2 is 0.627 bits per heavy atom. The van der Waals surface area contributed by atoms with Gasteiger partial charge in [-0.25, -0.2) is 0 Å². The van der Waals surface area contributed by atoms with Crippen LogP contribution >= 0.6 is 0 Å². The summed E-state index contributed by atoms with van der Waals surface area (Å²) in [6.07, 6.45) is 0. The van der Waals surface area contributed by atoms with Crippen LogP contribution in [0.4, 0.5) is 0 Å². The van der Waals surface area contributed by atoms with E-state index in [1.165, 1.54) is 97.8 Å². The van der Waals surface area contributed by atoms with Gasteiger partial charge in [-0.05, 0) is 96.6 Å². The first-order chi connectivity index (χ1) is 37.2. The Morgan fingerprint density at radius 3 is 1.23 bits per heavy atom. The maximum Gasteiger partial charge on any atom is 0.179 e. The van der Waals surface area contributed by atoms with E-state index in [-0.39, 0.29) is 0 Å². The first kappa shape index (κ1) is 44.2. The monoisotopic (exact) mass is 970 g/mol. The zero-order valence-corrected chi connectivity index (χ0v) is 42.3. The van der Waals surface area contributed by atoms with Crippen molar-refractivity contribution in [1.82, 2.24) is 9.13 Å². The lowest BCUT2D eigenvalue weighted by Gasteiger charge is -2.36. The van der Waals surface area contributed by atoms with Gasteiger partial charge < -0.3 is 9.13 Å². The molecule has 0 aliphatic carbocycles. The van der Waals surface area contributed by atoms with Crippen LogP contribution in [0.5, 0.6) is 0 Å². The topological polar surface area (TPSA) is 9.86 Å². The first-order valence-electron chi connectivity index (χ1n) is 25.9. The largest absolute Gasteiger partial charge is 0.309 e. The molecule has 0 aliphatic heterocycles. The van der Waals surface area contributed by atoms with Gasteiger partial charge in [0.1, 0.15) is 0 Å². The van der Waals surface area contributed by atoms with E-state index < -0.39 is 8.07 Å². The molecule has 0 bridgehead atoms. The molecule has 0 fully saturated rings. The van der Waals surface area contributed by atoms with E-state index >= 15 is 0 Å². The average Bonchev–Trinajstić information content (AvgIpc) is 4.06. The van der Waals surface area contributed by atoms with Crippen molar-refractivity contribution in [2.75, 3.05) is 0 Å². The van der Waals surface area contributed by atoms with Gasteiger partial charge in [0.05, 0.1) is 27.8 Å². The Morgan fingerprint density at radius 1 is 0.213 bits per heavy atom. The second-order valence-electron chi connectivity index (χ2n) is 19.6. The highest BCUT2D eigenvalue weighted by atomic mass is 28.3. The van der Waals surface area contributed by atoms with Gasteiger partial charge in [0.2, 0.25) is 0 Å². The van der Waals surface area contributed by atoms with Gasteiger partial charge in [-0.15, -0.1) is 0 Å². The van der Waals surface area contributed by atoms with E-state index in [0.29, 0.717) is 0 Å². The van der Waals surface area contributed by atoms with Gasteiger partial charge in [-0.2, -0.15) is 0 Å². The van der Waals surface area contributed by atoms with Crippen molar-refractivity contribution in [3.8, 4) is 55.9 Å². The van der Waals surface area contributed by atoms with Crippen LogP contribution in [0.15, 0.2) is 303 Å². The molecule has 0 saturated carbocycles. The first-order valence-corrected chi connectivity index (χ1v) is 27.9. The zero-order valence-electron chi connectivity index (χ0n) is 41.3. The smallest absolute Gasteiger partial charge is 0.179 e. The quantitative estimate of drug-likeness (QED) is 0.0955. The van der Waals surface area contributed by atoms with Crippen LogP contribution in [-0.4, -0.2) is 17.2 Å². The molecular weight excluding hydrogens is 921 g/mol. The zero-order chi connectivity index (χ0) is 49.7. The van der Waals surface area contributed by atoms with Gasteiger partial charge in [-0.1, -0.05) is 261 Å². The van der Waals surface area contributed by atoms with E-state index in [1.54, 1.807) is 0 Å². The molecule has 14 aromatic rings. The minimum absolute atomic E-state index is 1.15. The summed E-state index contributed by atoms with van der Waals surface area (Å²) in [5.74, 6) is 0. The van der Waals surface area contributed by atoms with Crippen molar-refractivity contribution in [3.63, 3.8) is 0 Å². The maximum atomic E-state index is 2.56. The predicted molar refractivity (Wildman–Crippen MR) is 320 cm³/mol. The highest BCUT2D eigenvalue weighted by molar-refractivity contribution is 7.20. The van der Waals surface area contributed by atoms with Crippen LogP contribution in [0.25, 0.3) is 99.5 Å². The highest BCUT2D eigenvalue weighted by Gasteiger charge is 2.43. The molecule has 75 heavy (non-hydrogen) atoms. The molecule has 0 amide bonds. The standard InChI is InChI=1S/C72H50N2Si/c1-7-24-51(25-8-1)54-30-23-37-60(46-54)75(58-33-15-5-16-34-58,59-35-17-6-18-36-59)61-49-65(52-26-9-2-10-27-52)72(66(50-61)53-28-11-3-12-29-53)74-69-41-22-20-39-63(69)67-47-55(43-45-70(67)74)56-42-44-64-62-38-19-21-40-68(62)73(71(64)48-56)57-31-13-4-14-32-57/h1-50H. The van der Waals surface area contributed by atoms with Crippen LogP contribution in [-0.2, 0) is 0 Å². The summed E-state index contributed by atoms with van der Waals surface area (Å²) in [6.45, 7) is 0. The number of nitrogens with zero attached hydrogens (tertiary/aromatic N) is 2. The van der Waals surface area contributed by atoms with Crippen LogP contribution in [0, 0.1) is 0 Å². The number of rotatable bonds is 10. The molecule has 12 aromatic carbocycles. The molecule has 0 radical (unpaired) electrons. The molecule has 0 N–H and O–H groups in total. The third-order valence-electron chi connectivity index (χ3n) is 15.4. The van der Waals surface area contributed by atoms with Gasteiger partial charge >= 0.3 is 0 Å². The number of para-hydroxylation sites is 3. The minimum atomic E-state index is -3.12. The van der Waals surface area contributed by atoms with Crippen molar-refractivity contribution in [2.24, 2.45) is 0 Å². The Bertz CT molecular complexity index is 4270. The number of aromatic nitrogens is 2. The summed E-state index contributed by atoms with van der Waals surface area (Å²) >= 11 is 0. The molecule has 0 atom stereocenters. The van der Waals surface area contributed by atoms with Gasteiger partial charge in [0.15, 0.2) is 8.07 Å². The Labute approximate surface area is 438 Å². The van der Waals surface area contributed by atoms with E-state index in [4.69, 9.17) is 0 Å². The van der Waals surface area contributed by atoms with Gasteiger partial charge in [-0.3, -0.25) is 0 Å². The van der Waals surface area contributed by atoms with Crippen LogP contribution in [0.1, 0.15) is 0 Å². The lowest BCUT2D eigenvalue weighted by atomic mass is 9.95. The van der Waals surface area contributed by atoms with Crippen molar-refractivity contribution in [1.29, 1.82) is 0 Å². The number of fused-ring (bicyclic) bond motifs is 6. The Hall–Kier alpha value is -9.54. The van der Waals surface area contributed by atoms with Crippen LogP contribution in [0.2, 0.25) is 0 Å². The summed E-state index contributed by atoms with van der Waals surface area (Å²) in [6, 6.07) is 113. The molecule has 0 spiro atoms. The molecule has 0 aliphatic rings. The van der Waals surface area contributed by atoms with E-state index in [9.17, 15) is 0 Å². The molecular formula is C72H50N2Si. The van der Waals surface area contributed by atoms with Crippen molar-refractivity contribution in [3.05, 3.63) is 303 Å². The van der Waals surface area contributed by atoms with Crippen molar-refractivity contribution < 1.29 is 0 Å². The third-order valence-corrected chi connectivity index (χ3v) is 20.2. The number of benzene rings is 12. The third kappa shape index (κ3) is 7.39. The summed E-state index contributed by atoms with van der Waals surface area (Å²) in [7, 11) is -3.12. The summed E-state index contributed by atoms with van der Waals surface area (Å²) in [5, 5.41) is 10.2. The second-order valence-corrected chi connectivity index (χ2v) is 23.4. The SMILES string of the molecule is c1ccc(-c2cccc([Si](c3ccccc3)(c3ccccc3)c3cc(-c4ccccc4)c(-n4c5ccccc5c5cc(-c6ccc7c8ccccc8n(-c8ccccc8)c7c6)ccc54)c(-c4ccccc4)c3)c2)cc1. The molecule has 2 aromatic heterocycles. The average molecular weight is 971 g/mol. The highest BCUT2D eigenvalue weighted by Crippen LogP contribution is 2.43. The normalized spacial score (nSPS) is 11.7. The van der Waals surface area contributed by atoms with Crippen molar-refractivity contribution >= 4 is 72.4 Å². The predicted octanol–water partition coefficient (Wildman–Crippen LogP) is 15.9. The van der Waals surface area contributed by atoms with Gasteiger partial charge in [0.25, 0.3) is 0 Å². The second kappa shape index (κ2) is 18.5. The van der Waals surface area contributed by atoms with Crippen LogP contribution in [0.3, 0.4) is 0 Å². The molecule has 0 unspecified atom stereocenters. The fraction of sp³-hybridized carbons (Fsp3) is 0. The van der Waals surface area contributed by atoms with Crippen molar-refractivity contribution in [2.45, 2.75) is 0 Å². The maximum absolute atomic E-state index is 3.12. The molecule has 352 valence electrons.